The smallest absolute Gasteiger partial charge is 0.323 e. The molecule has 0 radical (unpaired) electrons. The van der Waals surface area contributed by atoms with E-state index in [9.17, 15) is 19.7 Å². The van der Waals surface area contributed by atoms with Crippen LogP contribution in [0, 0.1) is 16.0 Å². The van der Waals surface area contributed by atoms with Crippen molar-refractivity contribution in [2.75, 3.05) is 20.3 Å². The van der Waals surface area contributed by atoms with Gasteiger partial charge in [0.05, 0.1) is 26.3 Å². The van der Waals surface area contributed by atoms with Crippen LogP contribution in [0.5, 0.6) is 0 Å². The minimum absolute atomic E-state index is 0.0465. The van der Waals surface area contributed by atoms with Crippen LogP contribution in [0.1, 0.15) is 10.5 Å². The second-order valence-electron chi connectivity index (χ2n) is 4.86. The first-order valence-corrected chi connectivity index (χ1v) is 6.22. The first-order valence-electron chi connectivity index (χ1n) is 6.22. The van der Waals surface area contributed by atoms with Crippen molar-refractivity contribution in [2.24, 2.45) is 13.0 Å². The van der Waals surface area contributed by atoms with Crippen molar-refractivity contribution >= 4 is 17.7 Å². The van der Waals surface area contributed by atoms with Crippen molar-refractivity contribution in [3.63, 3.8) is 0 Å². The predicted molar refractivity (Wildman–Crippen MR) is 69.9 cm³/mol. The lowest BCUT2D eigenvalue weighted by Gasteiger charge is -2.25. The van der Waals surface area contributed by atoms with Crippen LogP contribution >= 0.6 is 0 Å². The minimum atomic E-state index is -1.03. The van der Waals surface area contributed by atoms with Crippen molar-refractivity contribution in [3.05, 3.63) is 27.9 Å². The summed E-state index contributed by atoms with van der Waals surface area (Å²) in [5, 5.41) is 19.9. The first-order chi connectivity index (χ1) is 9.84. The monoisotopic (exact) mass is 297 g/mol. The molecule has 0 saturated carbocycles. The number of likely N-dealkylation sites (N-methyl/N-ethyl adjacent to an activating group) is 1. The number of aromatic nitrogens is 1. The van der Waals surface area contributed by atoms with Gasteiger partial charge in [0, 0.05) is 13.1 Å². The maximum atomic E-state index is 12.4. The molecule has 1 aliphatic heterocycles. The van der Waals surface area contributed by atoms with Gasteiger partial charge in [-0.25, -0.2) is 4.57 Å². The molecule has 9 heteroatoms. The number of nitro groups is 1. The van der Waals surface area contributed by atoms with Crippen molar-refractivity contribution in [1.82, 2.24) is 9.47 Å². The Hall–Kier alpha value is -2.42. The highest BCUT2D eigenvalue weighted by Gasteiger charge is 2.39. The number of carbonyl (C=O) groups excluding carboxylic acids is 1. The molecule has 0 aromatic carbocycles. The molecule has 2 rings (SSSR count). The van der Waals surface area contributed by atoms with Crippen LogP contribution in [0.3, 0.4) is 0 Å². The van der Waals surface area contributed by atoms with Crippen LogP contribution in [0.25, 0.3) is 0 Å². The summed E-state index contributed by atoms with van der Waals surface area (Å²) in [4.78, 5) is 35.0. The first kappa shape index (κ1) is 15.0. The number of hydrogen-bond donors (Lipinski definition) is 1. The Labute approximate surface area is 119 Å². The lowest BCUT2D eigenvalue weighted by Crippen LogP contribution is -2.44. The number of carboxylic acids is 1. The van der Waals surface area contributed by atoms with Crippen LogP contribution < -0.4 is 0 Å². The average Bonchev–Trinajstić information content (AvgIpc) is 3.03. The molecular weight excluding hydrogens is 282 g/mol. The van der Waals surface area contributed by atoms with Crippen molar-refractivity contribution in [2.45, 2.75) is 6.04 Å². The van der Waals surface area contributed by atoms with Gasteiger partial charge in [-0.15, -0.1) is 0 Å². The molecule has 2 atom stereocenters. The van der Waals surface area contributed by atoms with E-state index in [1.807, 2.05) is 0 Å². The highest BCUT2D eigenvalue weighted by atomic mass is 16.6. The van der Waals surface area contributed by atoms with E-state index in [-0.39, 0.29) is 24.7 Å². The van der Waals surface area contributed by atoms with Gasteiger partial charge >= 0.3 is 11.8 Å². The number of carboxylic acid groups (broad SMARTS) is 1. The van der Waals surface area contributed by atoms with E-state index in [2.05, 4.69) is 0 Å². The Balaban J connectivity index is 2.23. The zero-order valence-electron chi connectivity index (χ0n) is 11.6. The second kappa shape index (κ2) is 5.52. The zero-order chi connectivity index (χ0) is 15.7. The molecule has 1 N–H and O–H groups in total. The summed E-state index contributed by atoms with van der Waals surface area (Å²) in [7, 11) is 2.88. The van der Waals surface area contributed by atoms with E-state index < -0.39 is 28.8 Å². The SMILES string of the molecule is CN(C(=O)c1ccc([N+](=O)[O-])n1C)C1COCC1C(=O)O. The van der Waals surface area contributed by atoms with E-state index in [1.54, 1.807) is 0 Å². The van der Waals surface area contributed by atoms with Crippen molar-refractivity contribution < 1.29 is 24.4 Å². The van der Waals surface area contributed by atoms with Crippen molar-refractivity contribution in [3.8, 4) is 0 Å². The van der Waals surface area contributed by atoms with Crippen LogP contribution in [0.2, 0.25) is 0 Å². The molecule has 114 valence electrons. The summed E-state index contributed by atoms with van der Waals surface area (Å²) in [5.74, 6) is -2.51. The molecule has 1 aromatic heterocycles. The fourth-order valence-corrected chi connectivity index (χ4v) is 2.39. The Morgan fingerprint density at radius 2 is 2.14 bits per heavy atom. The molecule has 1 fully saturated rings. The maximum absolute atomic E-state index is 12.4. The standard InChI is InChI=1S/C12H15N3O6/c1-13-8(3-4-10(13)15(19)20)11(16)14(2)9-6-21-5-7(9)12(17)18/h3-4,7,9H,5-6H2,1-2H3,(H,17,18). The maximum Gasteiger partial charge on any atom is 0.323 e. The normalized spacial score (nSPS) is 21.2. The van der Waals surface area contributed by atoms with E-state index >= 15 is 0 Å². The zero-order valence-corrected chi connectivity index (χ0v) is 11.6. The summed E-state index contributed by atoms with van der Waals surface area (Å²) < 4.78 is 6.29. The molecule has 1 saturated heterocycles. The average molecular weight is 297 g/mol. The Morgan fingerprint density at radius 3 is 2.67 bits per heavy atom. The van der Waals surface area contributed by atoms with Gasteiger partial charge in [0.25, 0.3) is 5.91 Å². The molecule has 0 aliphatic carbocycles. The summed E-state index contributed by atoms with van der Waals surface area (Å²) in [6.07, 6.45) is 0. The summed E-state index contributed by atoms with van der Waals surface area (Å²) in [6.45, 7) is 0.177. The van der Waals surface area contributed by atoms with Gasteiger partial charge in [0.15, 0.2) is 5.69 Å². The van der Waals surface area contributed by atoms with Gasteiger partial charge in [-0.2, -0.15) is 0 Å². The van der Waals surface area contributed by atoms with Crippen LogP contribution in [0.4, 0.5) is 5.82 Å². The number of carbonyl (C=O) groups is 2. The summed E-state index contributed by atoms with van der Waals surface area (Å²) in [5.41, 5.74) is 0.125. The molecule has 2 heterocycles. The molecule has 1 aliphatic rings. The number of amides is 1. The van der Waals surface area contributed by atoms with Crippen LogP contribution in [-0.2, 0) is 16.6 Å². The van der Waals surface area contributed by atoms with Gasteiger partial charge in [-0.05, 0) is 11.0 Å². The number of rotatable bonds is 4. The minimum Gasteiger partial charge on any atom is -0.481 e. The third-order valence-electron chi connectivity index (χ3n) is 3.69. The van der Waals surface area contributed by atoms with Crippen LogP contribution in [-0.4, -0.2) is 57.7 Å². The molecule has 1 amide bonds. The van der Waals surface area contributed by atoms with Gasteiger partial charge in [0.2, 0.25) is 0 Å². The third-order valence-corrected chi connectivity index (χ3v) is 3.69. The Morgan fingerprint density at radius 1 is 1.48 bits per heavy atom. The number of hydrogen-bond acceptors (Lipinski definition) is 5. The summed E-state index contributed by atoms with van der Waals surface area (Å²) in [6, 6.07) is 1.99. The van der Waals surface area contributed by atoms with E-state index in [0.29, 0.717) is 0 Å². The van der Waals surface area contributed by atoms with E-state index in [0.717, 1.165) is 0 Å². The van der Waals surface area contributed by atoms with E-state index in [4.69, 9.17) is 9.84 Å². The fraction of sp³-hybridized carbons (Fsp3) is 0.500. The number of aliphatic carboxylic acids is 1. The topological polar surface area (TPSA) is 115 Å². The molecule has 0 spiro atoms. The quantitative estimate of drug-likeness (QED) is 0.622. The lowest BCUT2D eigenvalue weighted by molar-refractivity contribution is -0.391. The Kier molecular flexibility index (Phi) is 3.94. The summed E-state index contributed by atoms with van der Waals surface area (Å²) >= 11 is 0. The number of nitrogens with zero attached hydrogens (tertiary/aromatic N) is 3. The van der Waals surface area contributed by atoms with Gasteiger partial charge in [0.1, 0.15) is 5.92 Å². The molecular formula is C12H15N3O6. The van der Waals surface area contributed by atoms with Gasteiger partial charge < -0.3 is 24.9 Å². The largest absolute Gasteiger partial charge is 0.481 e. The highest BCUT2D eigenvalue weighted by Crippen LogP contribution is 2.22. The predicted octanol–water partition coefficient (Wildman–Crippen LogP) is 0.105. The molecule has 0 bridgehead atoms. The van der Waals surface area contributed by atoms with Crippen LogP contribution in [0.15, 0.2) is 12.1 Å². The lowest BCUT2D eigenvalue weighted by atomic mass is 10.0. The molecule has 9 nitrogen and oxygen atoms in total. The molecule has 1 aromatic rings. The van der Waals surface area contributed by atoms with Crippen molar-refractivity contribution in [1.29, 1.82) is 0 Å². The second-order valence-corrected chi connectivity index (χ2v) is 4.86. The molecule has 21 heavy (non-hydrogen) atoms. The van der Waals surface area contributed by atoms with Gasteiger partial charge in [-0.1, -0.05) is 0 Å². The third kappa shape index (κ3) is 2.59. The van der Waals surface area contributed by atoms with E-state index in [1.165, 1.54) is 35.7 Å². The number of ether oxygens (including phenoxy) is 1. The fourth-order valence-electron chi connectivity index (χ4n) is 2.39. The molecule has 2 unspecified atom stereocenters. The van der Waals surface area contributed by atoms with Gasteiger partial charge in [-0.3, -0.25) is 9.59 Å². The highest BCUT2D eigenvalue weighted by molar-refractivity contribution is 5.93. The Bertz CT molecular complexity index is 596.